The van der Waals surface area contributed by atoms with Crippen molar-refractivity contribution in [3.63, 3.8) is 0 Å². The molecule has 0 radical (unpaired) electrons. The van der Waals surface area contributed by atoms with Gasteiger partial charge >= 0.3 is 0 Å². The summed E-state index contributed by atoms with van der Waals surface area (Å²) < 4.78 is 0. The second-order valence-electron chi connectivity index (χ2n) is 23.5. The first kappa shape index (κ1) is 50.2. The van der Waals surface area contributed by atoms with Gasteiger partial charge in [-0.15, -0.1) is 0 Å². The van der Waals surface area contributed by atoms with Gasteiger partial charge in [0.1, 0.15) is 0 Å². The zero-order valence-electron chi connectivity index (χ0n) is 47.6. The van der Waals surface area contributed by atoms with Crippen molar-refractivity contribution >= 4 is 34.1 Å². The zero-order valence-corrected chi connectivity index (χ0v) is 47.6. The molecule has 402 valence electrons. The summed E-state index contributed by atoms with van der Waals surface area (Å²) in [5.74, 6) is 0. The molecule has 0 saturated carbocycles. The lowest BCUT2D eigenvalue weighted by atomic mass is 9.67. The summed E-state index contributed by atoms with van der Waals surface area (Å²) in [7, 11) is 0. The van der Waals surface area contributed by atoms with E-state index in [1.165, 1.54) is 89.0 Å². The molecule has 0 heterocycles. The second-order valence-corrected chi connectivity index (χ2v) is 23.5. The zero-order chi connectivity index (χ0) is 56.7. The molecule has 0 amide bonds. The Hall–Kier alpha value is -10.5. The number of para-hydroxylation sites is 1. The Labute approximate surface area is 498 Å². The van der Waals surface area contributed by atoms with Gasteiger partial charge in [0.15, 0.2) is 0 Å². The van der Waals surface area contributed by atoms with Crippen molar-refractivity contribution in [3.05, 3.63) is 383 Å². The molecule has 13 aromatic carbocycles. The van der Waals surface area contributed by atoms with E-state index < -0.39 is 10.8 Å². The van der Waals surface area contributed by atoms with Crippen LogP contribution in [0, 0.1) is 0 Å². The molecule has 0 unspecified atom stereocenters. The van der Waals surface area contributed by atoms with Crippen LogP contribution in [0.4, 0.5) is 34.1 Å². The number of benzene rings is 13. The first-order chi connectivity index (χ1) is 41.9. The standard InChI is InChI=1S/C83H60N2/c1-81(2)74-44-20-15-43-71(74)73-55-65(50-52-75(73)81)85(80-48-24-19-39-67(80)57-27-7-3-8-28-57)64-38-26-37-63(54-64)84(62-36-25-35-61(53-62)83(60-33-13-6-14-34-60)77-46-22-16-40-68(77)69-41-17-23-47-78(69)83)66-49-51-72-70-42-18-21-45-76(70)82(79(72)56-66,58-29-9-4-10-30-58)59-31-11-5-12-32-59/h3-56H,1-2H3. The van der Waals surface area contributed by atoms with Crippen LogP contribution in [0.2, 0.25) is 0 Å². The minimum Gasteiger partial charge on any atom is -0.310 e. The number of hydrogen-bond acceptors (Lipinski definition) is 2. The Morgan fingerprint density at radius 1 is 0.212 bits per heavy atom. The maximum Gasteiger partial charge on any atom is 0.0714 e. The molecule has 13 aromatic rings. The molecule has 0 atom stereocenters. The maximum atomic E-state index is 2.52. The molecular weight excluding hydrogens is 1020 g/mol. The van der Waals surface area contributed by atoms with E-state index in [1.54, 1.807) is 0 Å². The molecule has 3 aliphatic rings. The average molecular weight is 1090 g/mol. The number of nitrogens with zero attached hydrogens (tertiary/aromatic N) is 2. The van der Waals surface area contributed by atoms with Gasteiger partial charge in [-0.1, -0.05) is 281 Å². The summed E-state index contributed by atoms with van der Waals surface area (Å²) in [6.45, 7) is 4.72. The van der Waals surface area contributed by atoms with Gasteiger partial charge < -0.3 is 9.80 Å². The lowest BCUT2D eigenvalue weighted by Gasteiger charge is -2.36. The van der Waals surface area contributed by atoms with Crippen molar-refractivity contribution in [2.75, 3.05) is 9.80 Å². The van der Waals surface area contributed by atoms with Gasteiger partial charge in [-0.25, -0.2) is 0 Å². The Balaban J connectivity index is 0.962. The first-order valence-corrected chi connectivity index (χ1v) is 29.7. The third kappa shape index (κ3) is 7.58. The smallest absolute Gasteiger partial charge is 0.0714 e. The predicted octanol–water partition coefficient (Wildman–Crippen LogP) is 21.3. The molecule has 2 heteroatoms. The van der Waals surface area contributed by atoms with E-state index in [0.29, 0.717) is 0 Å². The van der Waals surface area contributed by atoms with Crippen LogP contribution in [-0.4, -0.2) is 0 Å². The molecule has 16 rings (SSSR count). The van der Waals surface area contributed by atoms with Crippen LogP contribution in [0.15, 0.2) is 328 Å². The summed E-state index contributed by atoms with van der Waals surface area (Å²) in [5.41, 5.74) is 27.6. The minimum absolute atomic E-state index is 0.135. The van der Waals surface area contributed by atoms with Gasteiger partial charge in [0.2, 0.25) is 0 Å². The third-order valence-corrected chi connectivity index (χ3v) is 18.8. The molecule has 0 fully saturated rings. The Bertz CT molecular complexity index is 4610. The molecular formula is C83H60N2. The van der Waals surface area contributed by atoms with Crippen LogP contribution < -0.4 is 9.80 Å². The molecule has 2 nitrogen and oxygen atoms in total. The van der Waals surface area contributed by atoms with Gasteiger partial charge in [0.25, 0.3) is 0 Å². The van der Waals surface area contributed by atoms with Gasteiger partial charge in [-0.05, 0) is 155 Å². The van der Waals surface area contributed by atoms with Gasteiger partial charge in [-0.3, -0.25) is 0 Å². The molecule has 85 heavy (non-hydrogen) atoms. The lowest BCUT2D eigenvalue weighted by Crippen LogP contribution is -2.29. The van der Waals surface area contributed by atoms with E-state index in [2.05, 4.69) is 351 Å². The second kappa shape index (κ2) is 19.8. The summed E-state index contributed by atoms with van der Waals surface area (Å²) in [6, 6.07) is 122. The van der Waals surface area contributed by atoms with Crippen LogP contribution in [0.5, 0.6) is 0 Å². The van der Waals surface area contributed by atoms with Crippen molar-refractivity contribution in [2.24, 2.45) is 0 Å². The predicted molar refractivity (Wildman–Crippen MR) is 353 cm³/mol. The number of hydrogen-bond donors (Lipinski definition) is 0. The van der Waals surface area contributed by atoms with Crippen molar-refractivity contribution in [1.29, 1.82) is 0 Å². The Morgan fingerprint density at radius 3 is 1.14 bits per heavy atom. The van der Waals surface area contributed by atoms with Crippen LogP contribution in [-0.2, 0) is 16.2 Å². The van der Waals surface area contributed by atoms with Gasteiger partial charge in [-0.2, -0.15) is 0 Å². The average Bonchev–Trinajstić information content (AvgIpc) is 1.71. The van der Waals surface area contributed by atoms with Crippen molar-refractivity contribution in [2.45, 2.75) is 30.1 Å². The third-order valence-electron chi connectivity index (χ3n) is 18.8. The molecule has 0 spiro atoms. The van der Waals surface area contributed by atoms with E-state index in [-0.39, 0.29) is 5.41 Å². The fraction of sp³-hybridized carbons (Fsp3) is 0.0602. The van der Waals surface area contributed by atoms with E-state index in [9.17, 15) is 0 Å². The number of rotatable bonds is 11. The molecule has 0 aromatic heterocycles. The Kier molecular flexibility index (Phi) is 11.7. The summed E-state index contributed by atoms with van der Waals surface area (Å²) in [4.78, 5) is 5.01. The highest BCUT2D eigenvalue weighted by Gasteiger charge is 2.48. The van der Waals surface area contributed by atoms with Crippen molar-refractivity contribution in [3.8, 4) is 44.5 Å². The minimum atomic E-state index is -0.605. The fourth-order valence-corrected chi connectivity index (χ4v) is 15.2. The van der Waals surface area contributed by atoms with E-state index >= 15 is 0 Å². The van der Waals surface area contributed by atoms with E-state index in [1.807, 2.05) is 0 Å². The summed E-state index contributed by atoms with van der Waals surface area (Å²) >= 11 is 0. The highest BCUT2D eigenvalue weighted by Crippen LogP contribution is 2.60. The van der Waals surface area contributed by atoms with Gasteiger partial charge in [0, 0.05) is 39.4 Å². The van der Waals surface area contributed by atoms with Gasteiger partial charge in [0.05, 0.1) is 16.5 Å². The summed E-state index contributed by atoms with van der Waals surface area (Å²) in [5, 5.41) is 0. The van der Waals surface area contributed by atoms with Crippen LogP contribution in [0.25, 0.3) is 44.5 Å². The quantitative estimate of drug-likeness (QED) is 0.127. The maximum absolute atomic E-state index is 2.52. The molecule has 0 saturated heterocycles. The van der Waals surface area contributed by atoms with Crippen LogP contribution in [0.1, 0.15) is 69.5 Å². The highest BCUT2D eigenvalue weighted by atomic mass is 15.2. The SMILES string of the molecule is CC1(C)c2ccccc2-c2cc(N(c3cccc(N(c4cccc(C5(c6ccccc6)c6ccccc6-c6ccccc65)c4)c4ccc5c(c4)C(c4ccccc4)(c4ccccc4)c4ccccc4-5)c3)c3ccccc3-c3ccccc3)ccc21. The lowest BCUT2D eigenvalue weighted by molar-refractivity contribution is 0.660. The van der Waals surface area contributed by atoms with Crippen molar-refractivity contribution in [1.82, 2.24) is 0 Å². The number of fused-ring (bicyclic) bond motifs is 9. The highest BCUT2D eigenvalue weighted by molar-refractivity contribution is 5.95. The van der Waals surface area contributed by atoms with Crippen LogP contribution in [0.3, 0.4) is 0 Å². The first-order valence-electron chi connectivity index (χ1n) is 29.7. The molecule has 0 aliphatic heterocycles. The topological polar surface area (TPSA) is 6.48 Å². The Morgan fingerprint density at radius 2 is 0.576 bits per heavy atom. The largest absolute Gasteiger partial charge is 0.310 e. The monoisotopic (exact) mass is 1080 g/mol. The molecule has 0 bridgehead atoms. The molecule has 3 aliphatic carbocycles. The summed E-state index contributed by atoms with van der Waals surface area (Å²) in [6.07, 6.45) is 0. The van der Waals surface area contributed by atoms with Crippen LogP contribution >= 0.6 is 0 Å². The molecule has 0 N–H and O–H groups in total. The number of anilines is 6. The fourth-order valence-electron chi connectivity index (χ4n) is 15.2. The van der Waals surface area contributed by atoms with E-state index in [0.717, 1.165) is 45.3 Å². The normalized spacial score (nSPS) is 14.0. The van der Waals surface area contributed by atoms with E-state index in [4.69, 9.17) is 0 Å². The van der Waals surface area contributed by atoms with Crippen molar-refractivity contribution < 1.29 is 0 Å².